The van der Waals surface area contributed by atoms with E-state index < -0.39 is 26.9 Å². The number of amides is 2. The topological polar surface area (TPSA) is 115 Å². The Hall–Kier alpha value is -3.59. The minimum absolute atomic E-state index is 0.0909. The summed E-state index contributed by atoms with van der Waals surface area (Å²) in [5.74, 6) is -1.02. The second kappa shape index (κ2) is 9.94. The molecule has 8 nitrogen and oxygen atoms in total. The summed E-state index contributed by atoms with van der Waals surface area (Å²) in [5, 5.41) is 3.71. The molecule has 1 heterocycles. The van der Waals surface area contributed by atoms with Gasteiger partial charge in [-0.2, -0.15) is 0 Å². The summed E-state index contributed by atoms with van der Waals surface area (Å²) in [6.07, 6.45) is 1.35. The second-order valence-electron chi connectivity index (χ2n) is 6.61. The number of rotatable bonds is 8. The van der Waals surface area contributed by atoms with Crippen LogP contribution in [0.25, 0.3) is 0 Å². The first-order valence-corrected chi connectivity index (χ1v) is 11.0. The Morgan fingerprint density at radius 3 is 2.39 bits per heavy atom. The lowest BCUT2D eigenvalue weighted by Crippen LogP contribution is -2.42. The van der Waals surface area contributed by atoms with Gasteiger partial charge in [-0.15, -0.1) is 0 Å². The van der Waals surface area contributed by atoms with Crippen LogP contribution in [0.15, 0.2) is 82.3 Å². The SMILES string of the molecule is COc1cccc(CNC(=O)C(=O)NC[C@H](c2ccco2)S(=O)(=O)c2ccccc2)c1. The summed E-state index contributed by atoms with van der Waals surface area (Å²) in [4.78, 5) is 24.5. The molecule has 3 aromatic rings. The van der Waals surface area contributed by atoms with Crippen LogP contribution in [0.1, 0.15) is 16.6 Å². The molecule has 3 rings (SSSR count). The van der Waals surface area contributed by atoms with Crippen molar-refractivity contribution in [2.24, 2.45) is 0 Å². The molecule has 0 saturated heterocycles. The van der Waals surface area contributed by atoms with Gasteiger partial charge in [-0.05, 0) is 42.0 Å². The van der Waals surface area contributed by atoms with Gasteiger partial charge in [0.15, 0.2) is 9.84 Å². The molecule has 0 aliphatic heterocycles. The first-order chi connectivity index (χ1) is 14.9. The highest BCUT2D eigenvalue weighted by molar-refractivity contribution is 7.91. The lowest BCUT2D eigenvalue weighted by atomic mass is 10.2. The van der Waals surface area contributed by atoms with Crippen LogP contribution in [-0.4, -0.2) is 33.9 Å². The zero-order valence-electron chi connectivity index (χ0n) is 16.8. The fourth-order valence-corrected chi connectivity index (χ4v) is 4.53. The maximum absolute atomic E-state index is 13.1. The van der Waals surface area contributed by atoms with Crippen molar-refractivity contribution in [3.05, 3.63) is 84.3 Å². The van der Waals surface area contributed by atoms with E-state index in [2.05, 4.69) is 10.6 Å². The molecule has 0 aliphatic carbocycles. The smallest absolute Gasteiger partial charge is 0.309 e. The third-order valence-electron chi connectivity index (χ3n) is 4.55. The third-order valence-corrected chi connectivity index (χ3v) is 6.63. The molecular weight excluding hydrogens is 420 g/mol. The highest BCUT2D eigenvalue weighted by atomic mass is 32.2. The molecule has 31 heavy (non-hydrogen) atoms. The van der Waals surface area contributed by atoms with Gasteiger partial charge in [0.25, 0.3) is 0 Å². The van der Waals surface area contributed by atoms with Crippen LogP contribution in [0, 0.1) is 0 Å². The molecule has 0 saturated carbocycles. The Labute approximate surface area is 180 Å². The summed E-state index contributed by atoms with van der Waals surface area (Å²) in [7, 11) is -2.33. The molecule has 0 aliphatic rings. The standard InChI is InChI=1S/C22H22N2O6S/c1-29-17-8-5-7-16(13-17)14-23-21(25)22(26)24-15-20(19-11-6-12-30-19)31(27,28)18-9-3-2-4-10-18/h2-13,20H,14-15H2,1H3,(H,23,25)(H,24,26)/t20-/m1/s1. The van der Waals surface area contributed by atoms with Crippen molar-refractivity contribution in [3.8, 4) is 5.75 Å². The van der Waals surface area contributed by atoms with Crippen LogP contribution in [0.2, 0.25) is 0 Å². The number of hydrogen-bond donors (Lipinski definition) is 2. The maximum Gasteiger partial charge on any atom is 0.309 e. The zero-order valence-corrected chi connectivity index (χ0v) is 17.6. The normalized spacial score (nSPS) is 12.0. The molecule has 2 aromatic carbocycles. The quantitative estimate of drug-likeness (QED) is 0.517. The van der Waals surface area contributed by atoms with Crippen molar-refractivity contribution in [1.82, 2.24) is 10.6 Å². The molecule has 2 amide bonds. The lowest BCUT2D eigenvalue weighted by Gasteiger charge is -2.16. The molecule has 1 aromatic heterocycles. The highest BCUT2D eigenvalue weighted by Crippen LogP contribution is 2.28. The van der Waals surface area contributed by atoms with E-state index in [0.29, 0.717) is 5.75 Å². The number of hydrogen-bond acceptors (Lipinski definition) is 6. The van der Waals surface area contributed by atoms with Crippen LogP contribution < -0.4 is 15.4 Å². The van der Waals surface area contributed by atoms with E-state index in [1.54, 1.807) is 48.5 Å². The van der Waals surface area contributed by atoms with E-state index in [-0.39, 0.29) is 23.7 Å². The Balaban J connectivity index is 1.66. The van der Waals surface area contributed by atoms with E-state index in [1.807, 2.05) is 0 Å². The number of sulfone groups is 1. The largest absolute Gasteiger partial charge is 0.497 e. The number of furan rings is 1. The van der Waals surface area contributed by atoms with Gasteiger partial charge in [0.2, 0.25) is 0 Å². The molecule has 0 radical (unpaired) electrons. The molecule has 0 bridgehead atoms. The van der Waals surface area contributed by atoms with E-state index in [9.17, 15) is 18.0 Å². The minimum Gasteiger partial charge on any atom is -0.497 e. The van der Waals surface area contributed by atoms with Crippen LogP contribution >= 0.6 is 0 Å². The first-order valence-electron chi connectivity index (χ1n) is 9.43. The van der Waals surface area contributed by atoms with Gasteiger partial charge in [0.05, 0.1) is 18.3 Å². The molecule has 1 atom stereocenters. The van der Waals surface area contributed by atoms with Gasteiger partial charge in [-0.1, -0.05) is 30.3 Å². The summed E-state index contributed by atoms with van der Waals surface area (Å²) in [6, 6.07) is 18.0. The summed E-state index contributed by atoms with van der Waals surface area (Å²) in [6.45, 7) is -0.205. The molecular formula is C22H22N2O6S. The average Bonchev–Trinajstić information content (AvgIpc) is 3.32. The molecule has 162 valence electrons. The van der Waals surface area contributed by atoms with E-state index in [4.69, 9.17) is 9.15 Å². The molecule has 0 fully saturated rings. The van der Waals surface area contributed by atoms with Crippen molar-refractivity contribution in [1.29, 1.82) is 0 Å². The van der Waals surface area contributed by atoms with Crippen LogP contribution in [0.5, 0.6) is 5.75 Å². The van der Waals surface area contributed by atoms with Crippen molar-refractivity contribution >= 4 is 21.7 Å². The second-order valence-corrected chi connectivity index (χ2v) is 8.74. The summed E-state index contributed by atoms with van der Waals surface area (Å²) >= 11 is 0. The number of carbonyl (C=O) groups excluding carboxylic acids is 2. The number of benzene rings is 2. The average molecular weight is 442 g/mol. The lowest BCUT2D eigenvalue weighted by molar-refractivity contribution is -0.139. The zero-order chi connectivity index (χ0) is 22.3. The number of methoxy groups -OCH3 is 1. The van der Waals surface area contributed by atoms with Gasteiger partial charge in [-0.25, -0.2) is 8.42 Å². The van der Waals surface area contributed by atoms with Gasteiger partial charge in [0.1, 0.15) is 16.8 Å². The predicted octanol–water partition coefficient (Wildman–Crippen LogP) is 2.24. The maximum atomic E-state index is 13.1. The number of carbonyl (C=O) groups is 2. The van der Waals surface area contributed by atoms with Crippen molar-refractivity contribution < 1.29 is 27.2 Å². The van der Waals surface area contributed by atoms with Gasteiger partial charge in [-0.3, -0.25) is 9.59 Å². The fourth-order valence-electron chi connectivity index (χ4n) is 2.92. The first kappa shape index (κ1) is 22.1. The van der Waals surface area contributed by atoms with E-state index in [1.165, 1.54) is 31.6 Å². The third kappa shape index (κ3) is 5.52. The summed E-state index contributed by atoms with van der Waals surface area (Å²) < 4.78 is 36.5. The number of ether oxygens (including phenoxy) is 1. The monoisotopic (exact) mass is 442 g/mol. The Morgan fingerprint density at radius 2 is 1.71 bits per heavy atom. The summed E-state index contributed by atoms with van der Waals surface area (Å²) in [5.41, 5.74) is 0.751. The fraction of sp³-hybridized carbons (Fsp3) is 0.182. The van der Waals surface area contributed by atoms with Gasteiger partial charge >= 0.3 is 11.8 Å². The molecule has 2 N–H and O–H groups in total. The molecule has 0 unspecified atom stereocenters. The Morgan fingerprint density at radius 1 is 0.968 bits per heavy atom. The predicted molar refractivity (Wildman–Crippen MR) is 113 cm³/mol. The number of nitrogens with one attached hydrogen (secondary N) is 2. The van der Waals surface area contributed by atoms with Crippen LogP contribution in [-0.2, 0) is 26.0 Å². The van der Waals surface area contributed by atoms with Gasteiger partial charge < -0.3 is 19.8 Å². The van der Waals surface area contributed by atoms with Gasteiger partial charge in [0, 0.05) is 13.1 Å². The Bertz CT molecular complexity index is 1130. The molecule has 9 heteroatoms. The van der Waals surface area contributed by atoms with E-state index >= 15 is 0 Å². The van der Waals surface area contributed by atoms with Crippen molar-refractivity contribution in [2.45, 2.75) is 16.7 Å². The van der Waals surface area contributed by atoms with E-state index in [0.717, 1.165) is 5.56 Å². The van der Waals surface area contributed by atoms with Crippen LogP contribution in [0.4, 0.5) is 0 Å². The van der Waals surface area contributed by atoms with Crippen molar-refractivity contribution in [2.75, 3.05) is 13.7 Å². The Kier molecular flexibility index (Phi) is 7.09. The minimum atomic E-state index is -3.86. The highest BCUT2D eigenvalue weighted by Gasteiger charge is 2.32. The molecule has 0 spiro atoms. The van der Waals surface area contributed by atoms with Crippen LogP contribution in [0.3, 0.4) is 0 Å². The van der Waals surface area contributed by atoms with Crippen molar-refractivity contribution in [3.63, 3.8) is 0 Å².